The molecule has 0 spiro atoms. The second kappa shape index (κ2) is 9.14. The van der Waals surface area contributed by atoms with Crippen molar-refractivity contribution in [2.24, 2.45) is 0 Å². The van der Waals surface area contributed by atoms with Crippen LogP contribution in [0.15, 0.2) is 47.5 Å². The van der Waals surface area contributed by atoms with Crippen LogP contribution in [0, 0.1) is 0 Å². The molecule has 8 heteroatoms. The third-order valence-electron chi connectivity index (χ3n) is 5.07. The average molecular weight is 432 g/mol. The number of sulfone groups is 1. The molecular formula is C22H29N3O4S. The van der Waals surface area contributed by atoms with Gasteiger partial charge in [-0.25, -0.2) is 13.4 Å². The molecule has 2 atom stereocenters. The number of aromatic nitrogens is 1. The number of amides is 1. The molecule has 30 heavy (non-hydrogen) atoms. The van der Waals surface area contributed by atoms with Crippen molar-refractivity contribution in [1.82, 2.24) is 10.3 Å². The second-order valence-electron chi connectivity index (χ2n) is 7.99. The van der Waals surface area contributed by atoms with Gasteiger partial charge in [0.05, 0.1) is 22.4 Å². The number of benzene rings is 1. The number of rotatable bonds is 6. The van der Waals surface area contributed by atoms with Gasteiger partial charge in [0, 0.05) is 31.4 Å². The highest BCUT2D eigenvalue weighted by atomic mass is 32.2. The van der Waals surface area contributed by atoms with E-state index in [0.717, 1.165) is 24.5 Å². The largest absolute Gasteiger partial charge is 0.372 e. The zero-order valence-corrected chi connectivity index (χ0v) is 18.6. The summed E-state index contributed by atoms with van der Waals surface area (Å²) >= 11 is 0. The van der Waals surface area contributed by atoms with E-state index >= 15 is 0 Å². The maximum absolute atomic E-state index is 12.4. The van der Waals surface area contributed by atoms with Crippen LogP contribution in [-0.2, 0) is 21.1 Å². The summed E-state index contributed by atoms with van der Waals surface area (Å²) in [6.07, 6.45) is 2.09. The van der Waals surface area contributed by atoms with Crippen molar-refractivity contribution in [1.29, 1.82) is 0 Å². The first-order valence-electron chi connectivity index (χ1n) is 10.1. The minimum Gasteiger partial charge on any atom is -0.372 e. The maximum atomic E-state index is 12.4. The molecule has 1 saturated heterocycles. The Kier molecular flexibility index (Phi) is 6.77. The Balaban J connectivity index is 1.58. The lowest BCUT2D eigenvalue weighted by atomic mass is 10.2. The first-order valence-corrected chi connectivity index (χ1v) is 11.7. The lowest BCUT2D eigenvalue weighted by Crippen LogP contribution is -2.45. The van der Waals surface area contributed by atoms with E-state index in [4.69, 9.17) is 4.74 Å². The monoisotopic (exact) mass is 431 g/mol. The molecular weight excluding hydrogens is 402 g/mol. The Morgan fingerprint density at radius 3 is 2.30 bits per heavy atom. The highest BCUT2D eigenvalue weighted by Gasteiger charge is 2.23. The summed E-state index contributed by atoms with van der Waals surface area (Å²) in [6, 6.07) is 9.93. The highest BCUT2D eigenvalue weighted by Crippen LogP contribution is 2.19. The van der Waals surface area contributed by atoms with Gasteiger partial charge in [-0.3, -0.25) is 4.79 Å². The van der Waals surface area contributed by atoms with Crippen molar-refractivity contribution in [3.63, 3.8) is 0 Å². The number of anilines is 1. The molecule has 7 nitrogen and oxygen atoms in total. The normalized spacial score (nSPS) is 19.7. The number of carbonyl (C=O) groups excluding carboxylic acids is 1. The molecule has 1 aliphatic rings. The highest BCUT2D eigenvalue weighted by molar-refractivity contribution is 7.92. The minimum atomic E-state index is -3.35. The topological polar surface area (TPSA) is 88.6 Å². The van der Waals surface area contributed by atoms with Gasteiger partial charge in [-0.2, -0.15) is 0 Å². The van der Waals surface area contributed by atoms with Gasteiger partial charge in [0.25, 0.3) is 5.91 Å². The summed E-state index contributed by atoms with van der Waals surface area (Å²) in [4.78, 5) is 19.4. The molecule has 2 aromatic rings. The molecule has 1 aromatic heterocycles. The predicted octanol–water partition coefficient (Wildman–Crippen LogP) is 2.81. The molecule has 3 rings (SSSR count). The standard InChI is InChI=1S/C22H29N3O4S/c1-15(2)30(27,28)20-8-6-19(7-9-20)22(26)24-12-18-5-10-21(23-11-18)25-13-16(3)29-17(4)14-25/h5-11,15-17H,12-14H2,1-4H3,(H,24,26). The van der Waals surface area contributed by atoms with Crippen LogP contribution >= 0.6 is 0 Å². The molecule has 1 amide bonds. The van der Waals surface area contributed by atoms with Crippen molar-refractivity contribution < 1.29 is 17.9 Å². The number of hydrogen-bond donors (Lipinski definition) is 1. The Labute approximate surface area is 178 Å². The van der Waals surface area contributed by atoms with Crippen LogP contribution in [-0.4, -0.2) is 49.9 Å². The number of ether oxygens (including phenoxy) is 1. The van der Waals surface area contributed by atoms with Crippen LogP contribution in [0.4, 0.5) is 5.82 Å². The Bertz CT molecular complexity index is 962. The molecule has 0 bridgehead atoms. The Morgan fingerprint density at radius 2 is 1.77 bits per heavy atom. The van der Waals surface area contributed by atoms with Gasteiger partial charge in [0.15, 0.2) is 9.84 Å². The van der Waals surface area contributed by atoms with Gasteiger partial charge < -0.3 is 15.0 Å². The fraction of sp³-hybridized carbons (Fsp3) is 0.455. The van der Waals surface area contributed by atoms with Gasteiger partial charge in [-0.15, -0.1) is 0 Å². The van der Waals surface area contributed by atoms with Crippen LogP contribution in [0.25, 0.3) is 0 Å². The minimum absolute atomic E-state index is 0.163. The van der Waals surface area contributed by atoms with E-state index in [2.05, 4.69) is 29.0 Å². The predicted molar refractivity (Wildman–Crippen MR) is 116 cm³/mol. The third-order valence-corrected chi connectivity index (χ3v) is 7.24. The van der Waals surface area contributed by atoms with Gasteiger partial charge in [0.1, 0.15) is 5.82 Å². The number of nitrogens with zero attached hydrogens (tertiary/aromatic N) is 2. The second-order valence-corrected chi connectivity index (χ2v) is 10.5. The number of nitrogens with one attached hydrogen (secondary N) is 1. The quantitative estimate of drug-likeness (QED) is 0.757. The average Bonchev–Trinajstić information content (AvgIpc) is 2.71. The van der Waals surface area contributed by atoms with E-state index in [0.29, 0.717) is 12.1 Å². The first kappa shape index (κ1) is 22.2. The number of hydrogen-bond acceptors (Lipinski definition) is 6. The lowest BCUT2D eigenvalue weighted by Gasteiger charge is -2.36. The third kappa shape index (κ3) is 5.17. The summed E-state index contributed by atoms with van der Waals surface area (Å²) in [5, 5.41) is 2.34. The van der Waals surface area contributed by atoms with Gasteiger partial charge in [0.2, 0.25) is 0 Å². The molecule has 1 aliphatic heterocycles. The van der Waals surface area contributed by atoms with E-state index in [1.807, 2.05) is 12.1 Å². The molecule has 2 heterocycles. The smallest absolute Gasteiger partial charge is 0.251 e. The summed E-state index contributed by atoms with van der Waals surface area (Å²) in [6.45, 7) is 9.32. The molecule has 162 valence electrons. The molecule has 1 fully saturated rings. The molecule has 1 N–H and O–H groups in total. The van der Waals surface area contributed by atoms with Crippen molar-refractivity contribution in [3.8, 4) is 0 Å². The van der Waals surface area contributed by atoms with Crippen molar-refractivity contribution in [2.75, 3.05) is 18.0 Å². The molecule has 1 aromatic carbocycles. The van der Waals surface area contributed by atoms with Gasteiger partial charge in [-0.05, 0) is 63.6 Å². The van der Waals surface area contributed by atoms with Gasteiger partial charge in [-0.1, -0.05) is 6.07 Å². The zero-order chi connectivity index (χ0) is 21.9. The Morgan fingerprint density at radius 1 is 1.13 bits per heavy atom. The van der Waals surface area contributed by atoms with E-state index in [1.165, 1.54) is 24.3 Å². The van der Waals surface area contributed by atoms with Crippen LogP contribution < -0.4 is 10.2 Å². The van der Waals surface area contributed by atoms with Crippen molar-refractivity contribution in [2.45, 2.75) is 56.6 Å². The first-order chi connectivity index (χ1) is 14.2. The molecule has 0 aliphatic carbocycles. The van der Waals surface area contributed by atoms with Crippen molar-refractivity contribution in [3.05, 3.63) is 53.7 Å². The summed E-state index contributed by atoms with van der Waals surface area (Å²) in [7, 11) is -3.35. The Hall–Kier alpha value is -2.45. The molecule has 0 radical (unpaired) electrons. The van der Waals surface area contributed by atoms with Gasteiger partial charge >= 0.3 is 0 Å². The fourth-order valence-electron chi connectivity index (χ4n) is 3.43. The van der Waals surface area contributed by atoms with E-state index in [-0.39, 0.29) is 23.0 Å². The lowest BCUT2D eigenvalue weighted by molar-refractivity contribution is -0.00546. The van der Waals surface area contributed by atoms with Crippen LogP contribution in [0.2, 0.25) is 0 Å². The number of pyridine rings is 1. The summed E-state index contributed by atoms with van der Waals surface area (Å²) < 4.78 is 30.1. The maximum Gasteiger partial charge on any atom is 0.251 e. The fourth-order valence-corrected chi connectivity index (χ4v) is 4.49. The molecule has 2 unspecified atom stereocenters. The van der Waals surface area contributed by atoms with Crippen LogP contribution in [0.3, 0.4) is 0 Å². The van der Waals surface area contributed by atoms with E-state index in [9.17, 15) is 13.2 Å². The van der Waals surface area contributed by atoms with E-state index < -0.39 is 15.1 Å². The summed E-state index contributed by atoms with van der Waals surface area (Å²) in [5.41, 5.74) is 1.30. The van der Waals surface area contributed by atoms with Crippen LogP contribution in [0.1, 0.15) is 43.6 Å². The zero-order valence-electron chi connectivity index (χ0n) is 17.8. The SMILES string of the molecule is CC1CN(c2ccc(CNC(=O)c3ccc(S(=O)(=O)C(C)C)cc3)cn2)CC(C)O1. The van der Waals surface area contributed by atoms with E-state index in [1.54, 1.807) is 20.0 Å². The van der Waals surface area contributed by atoms with Crippen molar-refractivity contribution >= 4 is 21.6 Å². The number of carbonyl (C=O) groups is 1. The van der Waals surface area contributed by atoms with Crippen LogP contribution in [0.5, 0.6) is 0 Å². The molecule has 0 saturated carbocycles. The summed E-state index contributed by atoms with van der Waals surface area (Å²) in [5.74, 6) is 0.637. The number of morpholine rings is 1.